The van der Waals surface area contributed by atoms with E-state index in [0.717, 1.165) is 19.3 Å². The number of hydrogen-bond donors (Lipinski definition) is 0. The summed E-state index contributed by atoms with van der Waals surface area (Å²) in [5.41, 5.74) is -0.123. The third-order valence-electron chi connectivity index (χ3n) is 3.42. The summed E-state index contributed by atoms with van der Waals surface area (Å²) >= 11 is 0. The summed E-state index contributed by atoms with van der Waals surface area (Å²) in [6.07, 6.45) is 4.34. The van der Waals surface area contributed by atoms with Crippen LogP contribution in [-0.4, -0.2) is 24.3 Å². The van der Waals surface area contributed by atoms with Crippen molar-refractivity contribution in [1.29, 1.82) is 0 Å². The molecule has 1 rings (SSSR count). The smallest absolute Gasteiger partial charge is 0.334 e. The van der Waals surface area contributed by atoms with Crippen molar-refractivity contribution < 1.29 is 19.2 Å². The standard InChI is InChI=1S/C14H23NO4/c1-4-8-12(16)19-15-11-9-6-7-10-14(11,3)13(17)18-5-2/h4-10H2,1-3H3/b15-11+/t14-/m1/s1. The van der Waals surface area contributed by atoms with E-state index in [9.17, 15) is 9.59 Å². The molecule has 5 nitrogen and oxygen atoms in total. The van der Waals surface area contributed by atoms with Gasteiger partial charge in [0.25, 0.3) is 0 Å². The van der Waals surface area contributed by atoms with Gasteiger partial charge in [0.05, 0.1) is 12.3 Å². The van der Waals surface area contributed by atoms with Gasteiger partial charge in [0.1, 0.15) is 5.41 Å². The minimum absolute atomic E-state index is 0.278. The predicted molar refractivity (Wildman–Crippen MR) is 71.6 cm³/mol. The van der Waals surface area contributed by atoms with Gasteiger partial charge in [-0.1, -0.05) is 18.5 Å². The first kappa shape index (κ1) is 15.7. The lowest BCUT2D eigenvalue weighted by Gasteiger charge is -2.31. The van der Waals surface area contributed by atoms with Gasteiger partial charge < -0.3 is 9.57 Å². The van der Waals surface area contributed by atoms with Crippen LogP contribution in [0, 0.1) is 5.41 Å². The van der Waals surface area contributed by atoms with Gasteiger partial charge in [-0.25, -0.2) is 4.79 Å². The minimum Gasteiger partial charge on any atom is -0.465 e. The minimum atomic E-state index is -0.749. The number of rotatable bonds is 5. The fourth-order valence-corrected chi connectivity index (χ4v) is 2.20. The van der Waals surface area contributed by atoms with Gasteiger partial charge in [0, 0.05) is 6.42 Å². The van der Waals surface area contributed by atoms with Crippen molar-refractivity contribution in [3.8, 4) is 0 Å². The van der Waals surface area contributed by atoms with E-state index in [0.29, 0.717) is 31.6 Å². The monoisotopic (exact) mass is 269 g/mol. The Morgan fingerprint density at radius 1 is 1.32 bits per heavy atom. The number of carbonyl (C=O) groups is 2. The van der Waals surface area contributed by atoms with Crippen molar-refractivity contribution >= 4 is 17.7 Å². The van der Waals surface area contributed by atoms with Gasteiger partial charge in [0.2, 0.25) is 0 Å². The summed E-state index contributed by atoms with van der Waals surface area (Å²) in [4.78, 5) is 28.3. The normalized spacial score (nSPS) is 25.1. The van der Waals surface area contributed by atoms with Gasteiger partial charge in [-0.15, -0.1) is 0 Å². The van der Waals surface area contributed by atoms with Crippen LogP contribution in [-0.2, 0) is 19.2 Å². The number of ether oxygens (including phenoxy) is 1. The average Bonchev–Trinajstić information content (AvgIpc) is 2.38. The summed E-state index contributed by atoms with van der Waals surface area (Å²) in [6.45, 7) is 5.84. The van der Waals surface area contributed by atoms with Crippen LogP contribution in [0.5, 0.6) is 0 Å². The van der Waals surface area contributed by atoms with Crippen LogP contribution in [0.15, 0.2) is 5.16 Å². The van der Waals surface area contributed by atoms with Crippen molar-refractivity contribution in [1.82, 2.24) is 0 Å². The second kappa shape index (κ2) is 7.26. The van der Waals surface area contributed by atoms with Crippen molar-refractivity contribution in [2.24, 2.45) is 10.6 Å². The molecule has 0 aromatic carbocycles. The fraction of sp³-hybridized carbons (Fsp3) is 0.786. The molecule has 0 N–H and O–H groups in total. The summed E-state index contributed by atoms with van der Waals surface area (Å²) in [5.74, 6) is -0.633. The Labute approximate surface area is 114 Å². The van der Waals surface area contributed by atoms with Crippen LogP contribution in [0.25, 0.3) is 0 Å². The highest BCUT2D eigenvalue weighted by atomic mass is 16.7. The first-order valence-corrected chi connectivity index (χ1v) is 6.99. The summed E-state index contributed by atoms with van der Waals surface area (Å²) in [7, 11) is 0. The Morgan fingerprint density at radius 3 is 2.68 bits per heavy atom. The maximum atomic E-state index is 12.1. The molecule has 0 heterocycles. The van der Waals surface area contributed by atoms with E-state index in [1.807, 2.05) is 13.8 Å². The van der Waals surface area contributed by atoms with Crippen LogP contribution in [0.4, 0.5) is 0 Å². The lowest BCUT2D eigenvalue weighted by atomic mass is 9.74. The first-order valence-electron chi connectivity index (χ1n) is 6.99. The number of carbonyl (C=O) groups excluding carboxylic acids is 2. The molecule has 0 aromatic heterocycles. The zero-order valence-corrected chi connectivity index (χ0v) is 12.0. The molecule has 108 valence electrons. The summed E-state index contributed by atoms with van der Waals surface area (Å²) in [5, 5.41) is 3.92. The quantitative estimate of drug-likeness (QED) is 0.437. The van der Waals surface area contributed by atoms with Gasteiger partial charge in [-0.3, -0.25) is 4.79 Å². The molecule has 0 saturated heterocycles. The molecule has 0 spiro atoms. The van der Waals surface area contributed by atoms with Crippen LogP contribution >= 0.6 is 0 Å². The average molecular weight is 269 g/mol. The summed E-state index contributed by atoms with van der Waals surface area (Å²) < 4.78 is 5.11. The first-order chi connectivity index (χ1) is 9.04. The third kappa shape index (κ3) is 4.04. The van der Waals surface area contributed by atoms with Crippen LogP contribution in [0.2, 0.25) is 0 Å². The van der Waals surface area contributed by atoms with E-state index in [2.05, 4.69) is 5.16 Å². The van der Waals surface area contributed by atoms with Gasteiger partial charge >= 0.3 is 11.9 Å². The lowest BCUT2D eigenvalue weighted by Crippen LogP contribution is -2.40. The van der Waals surface area contributed by atoms with Gasteiger partial charge in [-0.05, 0) is 39.5 Å². The molecule has 5 heteroatoms. The van der Waals surface area contributed by atoms with Crippen molar-refractivity contribution in [3.63, 3.8) is 0 Å². The predicted octanol–water partition coefficient (Wildman–Crippen LogP) is 2.83. The number of hydrogen-bond acceptors (Lipinski definition) is 5. The molecule has 1 saturated carbocycles. The third-order valence-corrected chi connectivity index (χ3v) is 3.42. The maximum absolute atomic E-state index is 12.1. The van der Waals surface area contributed by atoms with E-state index in [1.54, 1.807) is 6.92 Å². The van der Waals surface area contributed by atoms with Crippen LogP contribution in [0.1, 0.15) is 59.3 Å². The van der Waals surface area contributed by atoms with Crippen molar-refractivity contribution in [2.75, 3.05) is 6.61 Å². The zero-order chi connectivity index (χ0) is 14.3. The van der Waals surface area contributed by atoms with E-state index in [4.69, 9.17) is 9.57 Å². The van der Waals surface area contributed by atoms with E-state index < -0.39 is 5.41 Å². The van der Waals surface area contributed by atoms with Crippen LogP contribution in [0.3, 0.4) is 0 Å². The number of oxime groups is 1. The molecule has 1 atom stereocenters. The molecule has 0 bridgehead atoms. The maximum Gasteiger partial charge on any atom is 0.334 e. The largest absolute Gasteiger partial charge is 0.465 e. The Kier molecular flexibility index (Phi) is 5.99. The molecule has 0 radical (unpaired) electrons. The van der Waals surface area contributed by atoms with Crippen LogP contribution < -0.4 is 0 Å². The van der Waals surface area contributed by atoms with Gasteiger partial charge in [-0.2, -0.15) is 0 Å². The second-order valence-electron chi connectivity index (χ2n) is 5.01. The molecule has 0 aliphatic heterocycles. The Morgan fingerprint density at radius 2 is 2.05 bits per heavy atom. The van der Waals surface area contributed by atoms with Gasteiger partial charge in [0.15, 0.2) is 0 Å². The van der Waals surface area contributed by atoms with Crippen molar-refractivity contribution in [3.05, 3.63) is 0 Å². The SMILES string of the molecule is CCCC(=O)O/N=C1\CCCC[C@@]1(C)C(=O)OCC. The topological polar surface area (TPSA) is 65.0 Å². The van der Waals surface area contributed by atoms with E-state index in [1.165, 1.54) is 0 Å². The van der Waals surface area contributed by atoms with Crippen molar-refractivity contribution in [2.45, 2.75) is 59.3 Å². The molecule has 1 aliphatic rings. The second-order valence-corrected chi connectivity index (χ2v) is 5.01. The molecule has 19 heavy (non-hydrogen) atoms. The Bertz CT molecular complexity index is 364. The van der Waals surface area contributed by atoms with E-state index in [-0.39, 0.29) is 11.9 Å². The van der Waals surface area contributed by atoms with E-state index >= 15 is 0 Å². The molecule has 1 fully saturated rings. The molecular formula is C14H23NO4. The number of nitrogens with zero attached hydrogens (tertiary/aromatic N) is 1. The molecular weight excluding hydrogens is 246 g/mol. The highest BCUT2D eigenvalue weighted by Crippen LogP contribution is 2.35. The molecule has 0 amide bonds. The molecule has 0 aromatic rings. The Hall–Kier alpha value is -1.39. The Balaban J connectivity index is 2.79. The molecule has 0 unspecified atom stereocenters. The fourth-order valence-electron chi connectivity index (χ4n) is 2.20. The summed E-state index contributed by atoms with van der Waals surface area (Å²) in [6, 6.07) is 0. The highest BCUT2D eigenvalue weighted by molar-refractivity contribution is 6.06. The highest BCUT2D eigenvalue weighted by Gasteiger charge is 2.42. The molecule has 1 aliphatic carbocycles. The number of esters is 1. The lowest BCUT2D eigenvalue weighted by molar-refractivity contribution is -0.152. The zero-order valence-electron chi connectivity index (χ0n) is 12.0.